The first-order chi connectivity index (χ1) is 15.6. The number of aromatic nitrogens is 2. The van der Waals surface area contributed by atoms with Gasteiger partial charge in [0.15, 0.2) is 17.3 Å². The standard InChI is InChI=1S/C22H17F5N4O2/c23-15-5-2-6-16(19(15)24)29-21(33)18-14(10-28-20(18)32)13-4-1-3-12(9-13)11-31-8-7-17(30-31)22(25,26)27/h1-9,14,18H,10-11H2,(H,28,32)(H,29,33). The number of halogens is 5. The van der Waals surface area contributed by atoms with Gasteiger partial charge >= 0.3 is 6.18 Å². The molecule has 2 aromatic carbocycles. The number of carbonyl (C=O) groups is 2. The molecule has 2 N–H and O–H groups in total. The second-order valence-electron chi connectivity index (χ2n) is 7.56. The number of hydrogen-bond acceptors (Lipinski definition) is 3. The van der Waals surface area contributed by atoms with Gasteiger partial charge in [-0.3, -0.25) is 14.3 Å². The summed E-state index contributed by atoms with van der Waals surface area (Å²) in [5, 5.41) is 8.37. The molecule has 2 atom stereocenters. The molecule has 1 fully saturated rings. The van der Waals surface area contributed by atoms with Crippen LogP contribution in [-0.4, -0.2) is 28.1 Å². The van der Waals surface area contributed by atoms with Gasteiger partial charge in [0.2, 0.25) is 11.8 Å². The van der Waals surface area contributed by atoms with Crippen molar-refractivity contribution in [2.75, 3.05) is 11.9 Å². The van der Waals surface area contributed by atoms with Gasteiger partial charge in [0.1, 0.15) is 5.92 Å². The smallest absolute Gasteiger partial charge is 0.355 e. The number of benzene rings is 2. The number of rotatable bonds is 5. The summed E-state index contributed by atoms with van der Waals surface area (Å²) in [7, 11) is 0. The van der Waals surface area contributed by atoms with Gasteiger partial charge in [-0.2, -0.15) is 18.3 Å². The topological polar surface area (TPSA) is 76.0 Å². The molecule has 2 heterocycles. The van der Waals surface area contributed by atoms with E-state index in [0.29, 0.717) is 11.1 Å². The number of hydrogen-bond donors (Lipinski definition) is 2. The van der Waals surface area contributed by atoms with Crippen LogP contribution in [0.25, 0.3) is 0 Å². The highest BCUT2D eigenvalue weighted by Crippen LogP contribution is 2.32. The van der Waals surface area contributed by atoms with E-state index >= 15 is 0 Å². The van der Waals surface area contributed by atoms with Gasteiger partial charge in [-0.1, -0.05) is 30.3 Å². The summed E-state index contributed by atoms with van der Waals surface area (Å²) in [6.07, 6.45) is -3.34. The third kappa shape index (κ3) is 4.71. The molecular weight excluding hydrogens is 447 g/mol. The lowest BCUT2D eigenvalue weighted by molar-refractivity contribution is -0.141. The minimum absolute atomic E-state index is 0.0450. The molecule has 0 spiro atoms. The fourth-order valence-electron chi connectivity index (χ4n) is 3.75. The van der Waals surface area contributed by atoms with Crippen LogP contribution in [0.3, 0.4) is 0 Å². The number of nitrogens with zero attached hydrogens (tertiary/aromatic N) is 2. The van der Waals surface area contributed by atoms with Crippen molar-refractivity contribution in [1.82, 2.24) is 15.1 Å². The van der Waals surface area contributed by atoms with Gasteiger partial charge < -0.3 is 10.6 Å². The monoisotopic (exact) mass is 464 g/mol. The van der Waals surface area contributed by atoms with Crippen LogP contribution in [0, 0.1) is 17.6 Å². The molecule has 1 saturated heterocycles. The van der Waals surface area contributed by atoms with Crippen molar-refractivity contribution >= 4 is 17.5 Å². The van der Waals surface area contributed by atoms with E-state index < -0.39 is 47.2 Å². The Labute approximate surface area is 184 Å². The second-order valence-corrected chi connectivity index (χ2v) is 7.56. The van der Waals surface area contributed by atoms with Crippen molar-refractivity contribution in [3.63, 3.8) is 0 Å². The Morgan fingerprint density at radius 2 is 1.91 bits per heavy atom. The molecule has 3 aromatic rings. The van der Waals surface area contributed by atoms with Crippen LogP contribution in [0.15, 0.2) is 54.7 Å². The zero-order valence-electron chi connectivity index (χ0n) is 16.9. The first kappa shape index (κ1) is 22.4. The molecule has 0 aliphatic carbocycles. The first-order valence-electron chi connectivity index (χ1n) is 9.85. The van der Waals surface area contributed by atoms with Gasteiger partial charge in [-0.25, -0.2) is 8.78 Å². The fourth-order valence-corrected chi connectivity index (χ4v) is 3.75. The number of alkyl halides is 3. The average molecular weight is 464 g/mol. The molecule has 4 rings (SSSR count). The van der Waals surface area contributed by atoms with Crippen LogP contribution >= 0.6 is 0 Å². The highest BCUT2D eigenvalue weighted by Gasteiger charge is 2.41. The lowest BCUT2D eigenvalue weighted by Gasteiger charge is -2.18. The largest absolute Gasteiger partial charge is 0.435 e. The number of nitrogens with one attached hydrogen (secondary N) is 2. The molecule has 33 heavy (non-hydrogen) atoms. The maximum Gasteiger partial charge on any atom is 0.435 e. The Morgan fingerprint density at radius 3 is 2.64 bits per heavy atom. The molecule has 1 aromatic heterocycles. The molecule has 6 nitrogen and oxygen atoms in total. The minimum atomic E-state index is -4.55. The van der Waals surface area contributed by atoms with E-state index in [-0.39, 0.29) is 18.8 Å². The number of amides is 2. The summed E-state index contributed by atoms with van der Waals surface area (Å²) in [6, 6.07) is 10.9. The van der Waals surface area contributed by atoms with E-state index in [1.807, 2.05) is 0 Å². The lowest BCUT2D eigenvalue weighted by atomic mass is 9.87. The normalized spacial score (nSPS) is 18.3. The third-order valence-electron chi connectivity index (χ3n) is 5.33. The van der Waals surface area contributed by atoms with Gasteiger partial charge in [0, 0.05) is 18.7 Å². The summed E-state index contributed by atoms with van der Waals surface area (Å²) in [5.74, 6) is -5.56. The molecule has 11 heteroatoms. The Bertz CT molecular complexity index is 1210. The van der Waals surface area contributed by atoms with Crippen molar-refractivity contribution in [3.8, 4) is 0 Å². The predicted octanol–water partition coefficient (Wildman–Crippen LogP) is 3.70. The molecule has 1 aliphatic heterocycles. The van der Waals surface area contributed by atoms with Crippen molar-refractivity contribution in [3.05, 3.63) is 83.2 Å². The highest BCUT2D eigenvalue weighted by molar-refractivity contribution is 6.08. The van der Waals surface area contributed by atoms with Gasteiger partial charge in [-0.15, -0.1) is 0 Å². The minimum Gasteiger partial charge on any atom is -0.355 e. The third-order valence-corrected chi connectivity index (χ3v) is 5.33. The van der Waals surface area contributed by atoms with Crippen molar-refractivity contribution in [2.45, 2.75) is 18.6 Å². The zero-order valence-corrected chi connectivity index (χ0v) is 16.9. The summed E-state index contributed by atoms with van der Waals surface area (Å²) in [5.41, 5.74) is -0.190. The van der Waals surface area contributed by atoms with Crippen LogP contribution in [0.4, 0.5) is 27.6 Å². The van der Waals surface area contributed by atoms with E-state index in [1.54, 1.807) is 24.3 Å². The quantitative estimate of drug-likeness (QED) is 0.447. The Morgan fingerprint density at radius 1 is 1.15 bits per heavy atom. The predicted molar refractivity (Wildman–Crippen MR) is 107 cm³/mol. The summed E-state index contributed by atoms with van der Waals surface area (Å²) in [4.78, 5) is 25.1. The van der Waals surface area contributed by atoms with Crippen molar-refractivity contribution in [2.24, 2.45) is 5.92 Å². The molecule has 0 bridgehead atoms. The van der Waals surface area contributed by atoms with E-state index in [1.165, 1.54) is 18.3 Å². The zero-order chi connectivity index (χ0) is 23.8. The SMILES string of the molecule is O=C1NCC(c2cccc(Cn3ccc(C(F)(F)F)n3)c2)C1C(=O)Nc1cccc(F)c1F. The second kappa shape index (κ2) is 8.64. The molecule has 2 amide bonds. The Hall–Kier alpha value is -3.76. The van der Waals surface area contributed by atoms with Crippen molar-refractivity contribution < 1.29 is 31.5 Å². The van der Waals surface area contributed by atoms with Crippen LogP contribution in [0.2, 0.25) is 0 Å². The Balaban J connectivity index is 1.54. The maximum atomic E-state index is 13.9. The van der Waals surface area contributed by atoms with Gasteiger partial charge in [0.25, 0.3) is 0 Å². The summed E-state index contributed by atoms with van der Waals surface area (Å²) < 4.78 is 66.8. The van der Waals surface area contributed by atoms with E-state index in [4.69, 9.17) is 0 Å². The molecule has 172 valence electrons. The molecule has 1 aliphatic rings. The first-order valence-corrected chi connectivity index (χ1v) is 9.85. The Kier molecular flexibility index (Phi) is 5.88. The molecule has 2 unspecified atom stereocenters. The summed E-state index contributed by atoms with van der Waals surface area (Å²) in [6.45, 7) is 0.176. The maximum absolute atomic E-state index is 13.9. The van der Waals surface area contributed by atoms with E-state index in [9.17, 15) is 31.5 Å². The van der Waals surface area contributed by atoms with E-state index in [2.05, 4.69) is 15.7 Å². The highest BCUT2D eigenvalue weighted by atomic mass is 19.4. The van der Waals surface area contributed by atoms with Gasteiger partial charge in [-0.05, 0) is 29.3 Å². The van der Waals surface area contributed by atoms with Crippen LogP contribution in [0.1, 0.15) is 22.7 Å². The average Bonchev–Trinajstić information content (AvgIpc) is 3.38. The lowest BCUT2D eigenvalue weighted by Crippen LogP contribution is -2.32. The van der Waals surface area contributed by atoms with Crippen LogP contribution < -0.4 is 10.6 Å². The molecule has 0 radical (unpaired) electrons. The molecule has 0 saturated carbocycles. The van der Waals surface area contributed by atoms with Crippen LogP contribution in [-0.2, 0) is 22.3 Å². The van der Waals surface area contributed by atoms with E-state index in [0.717, 1.165) is 16.8 Å². The summed E-state index contributed by atoms with van der Waals surface area (Å²) >= 11 is 0. The molecular formula is C22H17F5N4O2. The fraction of sp³-hybridized carbons (Fsp3) is 0.227. The number of carbonyl (C=O) groups excluding carboxylic acids is 2. The van der Waals surface area contributed by atoms with Gasteiger partial charge in [0.05, 0.1) is 12.2 Å². The number of anilines is 1. The van der Waals surface area contributed by atoms with Crippen molar-refractivity contribution in [1.29, 1.82) is 0 Å². The van der Waals surface area contributed by atoms with Crippen LogP contribution in [0.5, 0.6) is 0 Å².